The van der Waals surface area contributed by atoms with Crippen LogP contribution in [-0.2, 0) is 13.0 Å². The van der Waals surface area contributed by atoms with E-state index >= 15 is 0 Å². The molecule has 2 aromatic heterocycles. The molecule has 0 saturated heterocycles. The molecule has 1 aliphatic carbocycles. The van der Waals surface area contributed by atoms with E-state index in [9.17, 15) is 26.7 Å². The minimum Gasteiger partial charge on any atom is -0.404 e. The highest BCUT2D eigenvalue weighted by molar-refractivity contribution is 6.32. The lowest BCUT2D eigenvalue weighted by atomic mass is 10.1. The Morgan fingerprint density at radius 1 is 1.21 bits per heavy atom. The third-order valence-electron chi connectivity index (χ3n) is 5.44. The Balaban J connectivity index is 1.53. The van der Waals surface area contributed by atoms with Crippen LogP contribution < -0.4 is 10.3 Å². The minimum atomic E-state index is -4.91. The number of nitrogens with zero attached hydrogens (tertiary/aromatic N) is 3. The number of rotatable bonds is 5. The summed E-state index contributed by atoms with van der Waals surface area (Å²) < 4.78 is 69.5. The van der Waals surface area contributed by atoms with Crippen LogP contribution >= 0.6 is 11.6 Å². The highest BCUT2D eigenvalue weighted by atomic mass is 35.5. The summed E-state index contributed by atoms with van der Waals surface area (Å²) in [6.45, 7) is -0.211. The summed E-state index contributed by atoms with van der Waals surface area (Å²) in [6, 6.07) is 8.97. The van der Waals surface area contributed by atoms with E-state index in [4.69, 9.17) is 11.6 Å². The Bertz CT molecular complexity index is 1450. The topological polar surface area (TPSA) is 72.8 Å². The van der Waals surface area contributed by atoms with Gasteiger partial charge in [-0.15, -0.1) is 13.2 Å². The molecule has 2 heterocycles. The first-order valence-electron chi connectivity index (χ1n) is 9.80. The maximum atomic E-state index is 13.4. The number of aromatic amines is 1. The molecular formula is C21H14ClF5N4O2. The minimum absolute atomic E-state index is 0.0730. The van der Waals surface area contributed by atoms with Gasteiger partial charge < -0.3 is 9.72 Å². The van der Waals surface area contributed by atoms with E-state index < -0.39 is 29.5 Å². The summed E-state index contributed by atoms with van der Waals surface area (Å²) in [4.78, 5) is 20.0. The maximum Gasteiger partial charge on any atom is 0.573 e. The summed E-state index contributed by atoms with van der Waals surface area (Å²) in [5.41, 5.74) is 0.497. The standard InChI is InChI=1S/C21H14ClF5N4O2/c22-13-5-15-16(6-17(13)33-21(25,26)27)29-18(28-15)7-14-11-3-1-2-4-12(11)19(32)31(30-14)9-10-8-20(10,23)24/h1-6,10H,7-9H2,(H,28,29). The Morgan fingerprint density at radius 2 is 1.91 bits per heavy atom. The van der Waals surface area contributed by atoms with Gasteiger partial charge in [0.15, 0.2) is 0 Å². The van der Waals surface area contributed by atoms with Crippen LogP contribution in [0.25, 0.3) is 21.8 Å². The first-order valence-corrected chi connectivity index (χ1v) is 10.2. The second-order valence-corrected chi connectivity index (χ2v) is 8.26. The van der Waals surface area contributed by atoms with Gasteiger partial charge in [0.2, 0.25) is 0 Å². The van der Waals surface area contributed by atoms with Crippen molar-refractivity contribution in [3.63, 3.8) is 0 Å². The lowest BCUT2D eigenvalue weighted by molar-refractivity contribution is -0.274. The molecule has 0 amide bonds. The zero-order chi connectivity index (χ0) is 23.5. The molecule has 1 aliphatic rings. The fourth-order valence-corrected chi connectivity index (χ4v) is 3.94. The van der Waals surface area contributed by atoms with Crippen LogP contribution in [-0.4, -0.2) is 32.0 Å². The Morgan fingerprint density at radius 3 is 2.58 bits per heavy atom. The zero-order valence-electron chi connectivity index (χ0n) is 16.6. The van der Waals surface area contributed by atoms with E-state index in [-0.39, 0.29) is 29.9 Å². The van der Waals surface area contributed by atoms with Gasteiger partial charge in [0, 0.05) is 23.8 Å². The van der Waals surface area contributed by atoms with Gasteiger partial charge >= 0.3 is 6.36 Å². The van der Waals surface area contributed by atoms with Gasteiger partial charge in [0.25, 0.3) is 11.5 Å². The predicted molar refractivity (Wildman–Crippen MR) is 110 cm³/mol. The van der Waals surface area contributed by atoms with Gasteiger partial charge in [-0.1, -0.05) is 29.8 Å². The number of aromatic nitrogens is 4. The first-order chi connectivity index (χ1) is 15.5. The first kappa shape index (κ1) is 21.6. The van der Waals surface area contributed by atoms with Gasteiger partial charge in [-0.3, -0.25) is 4.79 Å². The van der Waals surface area contributed by atoms with Crippen LogP contribution in [0.4, 0.5) is 22.0 Å². The lowest BCUT2D eigenvalue weighted by Crippen LogP contribution is -2.26. The molecule has 4 aromatic rings. The summed E-state index contributed by atoms with van der Waals surface area (Å²) in [5.74, 6) is -3.99. The predicted octanol–water partition coefficient (Wildman–Crippen LogP) is 5.07. The second-order valence-electron chi connectivity index (χ2n) is 7.85. The Kier molecular flexibility index (Phi) is 4.85. The van der Waals surface area contributed by atoms with E-state index in [2.05, 4.69) is 19.8 Å². The average Bonchev–Trinajstić information content (AvgIpc) is 3.14. The van der Waals surface area contributed by atoms with Crippen LogP contribution in [0.3, 0.4) is 0 Å². The normalized spacial score (nSPS) is 17.6. The van der Waals surface area contributed by atoms with Crippen molar-refractivity contribution in [1.29, 1.82) is 0 Å². The molecule has 1 fully saturated rings. The molecule has 172 valence electrons. The summed E-state index contributed by atoms with van der Waals surface area (Å²) in [6.07, 6.45) is -5.13. The molecule has 0 bridgehead atoms. The average molecular weight is 485 g/mol. The van der Waals surface area contributed by atoms with Crippen LogP contribution in [0.5, 0.6) is 5.75 Å². The number of hydrogen-bond acceptors (Lipinski definition) is 4. The summed E-state index contributed by atoms with van der Waals surface area (Å²) >= 11 is 5.88. The lowest BCUT2D eigenvalue weighted by Gasteiger charge is -2.10. The second kappa shape index (κ2) is 7.41. The molecule has 1 atom stereocenters. The number of benzene rings is 2. The van der Waals surface area contributed by atoms with Gasteiger partial charge in [-0.25, -0.2) is 18.4 Å². The van der Waals surface area contributed by atoms with Crippen molar-refractivity contribution in [2.24, 2.45) is 5.92 Å². The smallest absolute Gasteiger partial charge is 0.404 e. The molecule has 2 aromatic carbocycles. The highest BCUT2D eigenvalue weighted by Gasteiger charge is 2.57. The van der Waals surface area contributed by atoms with Gasteiger partial charge in [0.1, 0.15) is 11.6 Å². The quantitative estimate of drug-likeness (QED) is 0.401. The summed E-state index contributed by atoms with van der Waals surface area (Å²) in [5, 5.41) is 4.90. The van der Waals surface area contributed by atoms with Crippen molar-refractivity contribution < 1.29 is 26.7 Å². The van der Waals surface area contributed by atoms with Crippen molar-refractivity contribution in [2.75, 3.05) is 0 Å². The van der Waals surface area contributed by atoms with Crippen molar-refractivity contribution in [3.8, 4) is 5.75 Å². The van der Waals surface area contributed by atoms with E-state index in [0.717, 1.165) is 10.7 Å². The molecule has 33 heavy (non-hydrogen) atoms. The van der Waals surface area contributed by atoms with E-state index in [1.807, 2.05) is 0 Å². The van der Waals surface area contributed by atoms with Crippen LogP contribution in [0.1, 0.15) is 17.9 Å². The molecule has 6 nitrogen and oxygen atoms in total. The zero-order valence-corrected chi connectivity index (χ0v) is 17.3. The van der Waals surface area contributed by atoms with E-state index in [0.29, 0.717) is 27.8 Å². The third-order valence-corrected chi connectivity index (χ3v) is 5.73. The number of ether oxygens (including phenoxy) is 1. The number of alkyl halides is 5. The van der Waals surface area contributed by atoms with Crippen molar-refractivity contribution in [2.45, 2.75) is 31.7 Å². The largest absolute Gasteiger partial charge is 0.573 e. The molecule has 0 spiro atoms. The monoisotopic (exact) mass is 484 g/mol. The van der Waals surface area contributed by atoms with Crippen LogP contribution in [0.2, 0.25) is 5.02 Å². The van der Waals surface area contributed by atoms with E-state index in [1.165, 1.54) is 6.07 Å². The van der Waals surface area contributed by atoms with Crippen molar-refractivity contribution in [1.82, 2.24) is 19.7 Å². The number of hydrogen-bond donors (Lipinski definition) is 1. The number of fused-ring (bicyclic) bond motifs is 2. The molecule has 1 N–H and O–H groups in total. The SMILES string of the molecule is O=c1c2ccccc2c(Cc2nc3cc(Cl)c(OC(F)(F)F)cc3[nH]2)nn1CC1CC1(F)F. The molecule has 1 unspecified atom stereocenters. The van der Waals surface area contributed by atoms with Crippen LogP contribution in [0.15, 0.2) is 41.2 Å². The number of halogens is 6. The Hall–Kier alpha value is -3.21. The van der Waals surface area contributed by atoms with Gasteiger partial charge in [-0.05, 0) is 12.1 Å². The molecule has 5 rings (SSSR count). The van der Waals surface area contributed by atoms with Crippen LogP contribution in [0, 0.1) is 5.92 Å². The summed E-state index contributed by atoms with van der Waals surface area (Å²) in [7, 11) is 0. The molecule has 1 saturated carbocycles. The third kappa shape index (κ3) is 4.24. The fraction of sp³-hybridized carbons (Fsp3) is 0.286. The highest BCUT2D eigenvalue weighted by Crippen LogP contribution is 2.49. The number of H-pyrrole nitrogens is 1. The van der Waals surface area contributed by atoms with Gasteiger partial charge in [-0.2, -0.15) is 5.10 Å². The van der Waals surface area contributed by atoms with Crippen molar-refractivity contribution in [3.05, 3.63) is 63.3 Å². The van der Waals surface area contributed by atoms with Crippen molar-refractivity contribution >= 4 is 33.4 Å². The molecular weight excluding hydrogens is 471 g/mol. The fourth-order valence-electron chi connectivity index (χ4n) is 3.75. The number of nitrogens with one attached hydrogen (secondary N) is 1. The Labute approximate surface area is 186 Å². The molecule has 0 aliphatic heterocycles. The van der Waals surface area contributed by atoms with E-state index in [1.54, 1.807) is 24.3 Å². The molecule has 0 radical (unpaired) electrons. The molecule has 12 heteroatoms. The maximum absolute atomic E-state index is 13.4. The number of imidazole rings is 1. The van der Waals surface area contributed by atoms with Gasteiger partial charge in [0.05, 0.1) is 40.1 Å².